The summed E-state index contributed by atoms with van der Waals surface area (Å²) in [6, 6.07) is -1.24. The van der Waals surface area contributed by atoms with E-state index in [0.29, 0.717) is 19.5 Å². The van der Waals surface area contributed by atoms with Crippen LogP contribution >= 0.6 is 0 Å². The quantitative estimate of drug-likeness (QED) is 0.678. The molecule has 0 radical (unpaired) electrons. The van der Waals surface area contributed by atoms with Crippen LogP contribution in [0.15, 0.2) is 0 Å². The third-order valence-corrected chi connectivity index (χ3v) is 3.60. The van der Waals surface area contributed by atoms with Gasteiger partial charge in [0.2, 0.25) is 5.91 Å². The van der Waals surface area contributed by atoms with Crippen molar-refractivity contribution >= 4 is 17.9 Å². The number of urea groups is 1. The number of nitrogens with two attached hydrogens (primary N) is 1. The SMILES string of the molecule is CC(C)[C@@H](NC(=O)N1CCC(CC(N)=O)CC1)C(=O)O. The Bertz CT molecular complexity index is 376. The van der Waals surface area contributed by atoms with E-state index in [1.54, 1.807) is 18.7 Å². The van der Waals surface area contributed by atoms with Gasteiger partial charge in [-0.1, -0.05) is 13.8 Å². The molecule has 0 unspecified atom stereocenters. The summed E-state index contributed by atoms with van der Waals surface area (Å²) in [5.74, 6) is -1.31. The molecule has 7 nitrogen and oxygen atoms in total. The molecular formula is C13H23N3O4. The van der Waals surface area contributed by atoms with E-state index in [2.05, 4.69) is 5.32 Å². The van der Waals surface area contributed by atoms with Crippen LogP contribution in [0.1, 0.15) is 33.1 Å². The smallest absolute Gasteiger partial charge is 0.326 e. The van der Waals surface area contributed by atoms with E-state index in [4.69, 9.17) is 10.8 Å². The Morgan fingerprint density at radius 3 is 2.25 bits per heavy atom. The number of rotatable bonds is 5. The van der Waals surface area contributed by atoms with Gasteiger partial charge in [-0.25, -0.2) is 9.59 Å². The number of likely N-dealkylation sites (tertiary alicyclic amines) is 1. The number of carbonyl (C=O) groups is 3. The second-order valence-electron chi connectivity index (χ2n) is 5.61. The summed E-state index contributed by atoms with van der Waals surface area (Å²) >= 11 is 0. The number of hydrogen-bond donors (Lipinski definition) is 3. The molecule has 20 heavy (non-hydrogen) atoms. The maximum Gasteiger partial charge on any atom is 0.326 e. The summed E-state index contributed by atoms with van der Waals surface area (Å²) in [4.78, 5) is 35.5. The number of carboxylic acid groups (broad SMARTS) is 1. The molecular weight excluding hydrogens is 262 g/mol. The molecule has 0 bridgehead atoms. The zero-order valence-electron chi connectivity index (χ0n) is 12.0. The summed E-state index contributed by atoms with van der Waals surface area (Å²) in [7, 11) is 0. The average molecular weight is 285 g/mol. The highest BCUT2D eigenvalue weighted by Crippen LogP contribution is 2.20. The molecule has 1 aliphatic heterocycles. The van der Waals surface area contributed by atoms with Gasteiger partial charge >= 0.3 is 12.0 Å². The Hall–Kier alpha value is -1.79. The third-order valence-electron chi connectivity index (χ3n) is 3.60. The number of carboxylic acids is 1. The van der Waals surface area contributed by atoms with Gasteiger partial charge in [0.15, 0.2) is 0 Å². The first-order valence-electron chi connectivity index (χ1n) is 6.87. The topological polar surface area (TPSA) is 113 Å². The monoisotopic (exact) mass is 285 g/mol. The molecule has 0 spiro atoms. The fourth-order valence-corrected chi connectivity index (χ4v) is 2.36. The molecule has 0 saturated carbocycles. The molecule has 0 aromatic rings. The summed E-state index contributed by atoms with van der Waals surface area (Å²) in [6.07, 6.45) is 1.78. The van der Waals surface area contributed by atoms with Crippen molar-refractivity contribution in [3.8, 4) is 0 Å². The fraction of sp³-hybridized carbons (Fsp3) is 0.769. The van der Waals surface area contributed by atoms with Gasteiger partial charge < -0.3 is 21.1 Å². The molecule has 0 aliphatic carbocycles. The lowest BCUT2D eigenvalue weighted by atomic mass is 9.93. The molecule has 4 N–H and O–H groups in total. The standard InChI is InChI=1S/C13H23N3O4/c1-8(2)11(12(18)19)15-13(20)16-5-3-9(4-6-16)7-10(14)17/h8-9,11H,3-7H2,1-2H3,(H2,14,17)(H,15,20)(H,18,19)/t11-/m1/s1. The normalized spacial score (nSPS) is 17.9. The van der Waals surface area contributed by atoms with Gasteiger partial charge in [-0.05, 0) is 24.7 Å². The fourth-order valence-electron chi connectivity index (χ4n) is 2.36. The van der Waals surface area contributed by atoms with Gasteiger partial charge in [-0.15, -0.1) is 0 Å². The van der Waals surface area contributed by atoms with E-state index in [0.717, 1.165) is 12.8 Å². The van der Waals surface area contributed by atoms with Crippen molar-refractivity contribution in [3.63, 3.8) is 0 Å². The molecule has 1 saturated heterocycles. The van der Waals surface area contributed by atoms with Gasteiger partial charge in [0.25, 0.3) is 0 Å². The Morgan fingerprint density at radius 2 is 1.85 bits per heavy atom. The number of primary amides is 1. The highest BCUT2D eigenvalue weighted by Gasteiger charge is 2.28. The molecule has 0 aromatic carbocycles. The molecule has 7 heteroatoms. The average Bonchev–Trinajstić information content (AvgIpc) is 2.35. The molecule has 114 valence electrons. The van der Waals surface area contributed by atoms with Crippen molar-refractivity contribution in [2.75, 3.05) is 13.1 Å². The summed E-state index contributed by atoms with van der Waals surface area (Å²) in [5.41, 5.74) is 5.15. The minimum absolute atomic E-state index is 0.177. The summed E-state index contributed by atoms with van der Waals surface area (Å²) in [6.45, 7) is 4.54. The maximum absolute atomic E-state index is 12.0. The first-order chi connectivity index (χ1) is 9.31. The van der Waals surface area contributed by atoms with Gasteiger partial charge in [0.1, 0.15) is 6.04 Å². The number of nitrogens with zero attached hydrogens (tertiary/aromatic N) is 1. The lowest BCUT2D eigenvalue weighted by Crippen LogP contribution is -2.52. The lowest BCUT2D eigenvalue weighted by Gasteiger charge is -2.32. The Labute approximate surface area is 118 Å². The number of aliphatic carboxylic acids is 1. The molecule has 1 fully saturated rings. The second kappa shape index (κ2) is 7.12. The van der Waals surface area contributed by atoms with E-state index in [1.165, 1.54) is 0 Å². The van der Waals surface area contributed by atoms with Crippen molar-refractivity contribution in [3.05, 3.63) is 0 Å². The van der Waals surface area contributed by atoms with Crippen molar-refractivity contribution in [2.24, 2.45) is 17.6 Å². The van der Waals surface area contributed by atoms with Crippen molar-refractivity contribution in [1.29, 1.82) is 0 Å². The number of hydrogen-bond acceptors (Lipinski definition) is 3. The second-order valence-corrected chi connectivity index (χ2v) is 5.61. The van der Waals surface area contributed by atoms with Crippen LogP contribution in [0, 0.1) is 11.8 Å². The summed E-state index contributed by atoms with van der Waals surface area (Å²) < 4.78 is 0. The van der Waals surface area contributed by atoms with Crippen LogP contribution in [0.4, 0.5) is 4.79 Å². The molecule has 3 amide bonds. The Balaban J connectivity index is 2.46. The van der Waals surface area contributed by atoms with E-state index < -0.39 is 12.0 Å². The first kappa shape index (κ1) is 16.3. The van der Waals surface area contributed by atoms with E-state index >= 15 is 0 Å². The molecule has 0 aromatic heterocycles. The first-order valence-corrected chi connectivity index (χ1v) is 6.87. The Kier molecular flexibility index (Phi) is 5.79. The van der Waals surface area contributed by atoms with Crippen LogP contribution in [-0.4, -0.2) is 47.0 Å². The van der Waals surface area contributed by atoms with Crippen LogP contribution in [0.5, 0.6) is 0 Å². The highest BCUT2D eigenvalue weighted by atomic mass is 16.4. The number of piperidine rings is 1. The predicted octanol–water partition coefficient (Wildman–Crippen LogP) is 0.393. The Morgan fingerprint density at radius 1 is 1.30 bits per heavy atom. The lowest BCUT2D eigenvalue weighted by molar-refractivity contribution is -0.140. The van der Waals surface area contributed by atoms with E-state index in [1.807, 2.05) is 0 Å². The number of nitrogens with one attached hydrogen (secondary N) is 1. The molecule has 1 rings (SSSR count). The van der Waals surface area contributed by atoms with Crippen molar-refractivity contribution < 1.29 is 19.5 Å². The number of carbonyl (C=O) groups excluding carboxylic acids is 2. The number of amides is 3. The van der Waals surface area contributed by atoms with Crippen molar-refractivity contribution in [1.82, 2.24) is 10.2 Å². The van der Waals surface area contributed by atoms with Crippen molar-refractivity contribution in [2.45, 2.75) is 39.2 Å². The highest BCUT2D eigenvalue weighted by molar-refractivity contribution is 5.82. The van der Waals surface area contributed by atoms with Gasteiger partial charge in [0, 0.05) is 19.5 Å². The van der Waals surface area contributed by atoms with Crippen LogP contribution in [-0.2, 0) is 9.59 Å². The van der Waals surface area contributed by atoms with Gasteiger partial charge in [-0.2, -0.15) is 0 Å². The van der Waals surface area contributed by atoms with E-state index in [-0.39, 0.29) is 23.8 Å². The third kappa shape index (κ3) is 4.71. The van der Waals surface area contributed by atoms with Crippen LogP contribution in [0.2, 0.25) is 0 Å². The zero-order valence-corrected chi connectivity index (χ0v) is 12.0. The molecule has 1 atom stereocenters. The maximum atomic E-state index is 12.0. The minimum Gasteiger partial charge on any atom is -0.480 e. The van der Waals surface area contributed by atoms with Crippen LogP contribution < -0.4 is 11.1 Å². The molecule has 1 aliphatic rings. The predicted molar refractivity (Wildman–Crippen MR) is 72.9 cm³/mol. The largest absolute Gasteiger partial charge is 0.480 e. The zero-order chi connectivity index (χ0) is 15.3. The molecule has 1 heterocycles. The van der Waals surface area contributed by atoms with Crippen LogP contribution in [0.25, 0.3) is 0 Å². The minimum atomic E-state index is -1.03. The van der Waals surface area contributed by atoms with Gasteiger partial charge in [-0.3, -0.25) is 4.79 Å². The summed E-state index contributed by atoms with van der Waals surface area (Å²) in [5, 5.41) is 11.6. The van der Waals surface area contributed by atoms with E-state index in [9.17, 15) is 14.4 Å². The van der Waals surface area contributed by atoms with Crippen LogP contribution in [0.3, 0.4) is 0 Å². The van der Waals surface area contributed by atoms with Gasteiger partial charge in [0.05, 0.1) is 0 Å².